The first-order chi connectivity index (χ1) is 19.2. The van der Waals surface area contributed by atoms with Gasteiger partial charge in [0, 0.05) is 48.1 Å². The summed E-state index contributed by atoms with van der Waals surface area (Å²) in [7, 11) is 0. The van der Waals surface area contributed by atoms with Crippen LogP contribution in [0.5, 0.6) is 0 Å². The van der Waals surface area contributed by atoms with Crippen LogP contribution in [0.2, 0.25) is 5.02 Å². The smallest absolute Gasteiger partial charge is 0.264 e. The molecule has 3 amide bonds. The Morgan fingerprint density at radius 2 is 1.98 bits per heavy atom. The molecule has 3 atom stereocenters. The van der Waals surface area contributed by atoms with Crippen molar-refractivity contribution in [3.05, 3.63) is 70.8 Å². The standard InChI is InChI=1S/C31H36ClN3O5/c1-21(7-4-12-29(38)34-16-6-10-25(34)20-36)31(40)26-18-23(32)13-14-27(26)35(30(31)39)19-22-8-5-9-24(17-22)33-15-3-2-11-28(33)37/h4-5,7-9,13-14,17-18,21,25,36,40H,2-3,6,10-12,15-16,19-20H2,1H3/b7-4+/t21-,25+,31+/m1/s1. The first-order valence-electron chi connectivity index (χ1n) is 14.0. The SMILES string of the molecule is C[C@H](/C=C/CC(=O)N1CCC[C@H]1CO)[C@@]1(O)C(=O)N(Cc2cccc(N3CCCCC3=O)c2)c2ccc(Cl)cc21. The van der Waals surface area contributed by atoms with Crippen molar-refractivity contribution in [2.24, 2.45) is 5.92 Å². The maximum absolute atomic E-state index is 13.9. The second-order valence-corrected chi connectivity index (χ2v) is 11.4. The highest BCUT2D eigenvalue weighted by atomic mass is 35.5. The Bertz CT molecular complexity index is 1330. The van der Waals surface area contributed by atoms with Crippen LogP contribution in [0.4, 0.5) is 11.4 Å². The zero-order valence-electron chi connectivity index (χ0n) is 22.8. The number of piperidine rings is 1. The van der Waals surface area contributed by atoms with E-state index in [0.29, 0.717) is 35.8 Å². The van der Waals surface area contributed by atoms with Gasteiger partial charge in [0.25, 0.3) is 5.91 Å². The maximum atomic E-state index is 13.9. The van der Waals surface area contributed by atoms with E-state index in [2.05, 4.69) is 0 Å². The molecule has 0 bridgehead atoms. The van der Waals surface area contributed by atoms with Crippen molar-refractivity contribution in [1.82, 2.24) is 4.90 Å². The number of fused-ring (bicyclic) bond motifs is 1. The van der Waals surface area contributed by atoms with E-state index in [-0.39, 0.29) is 37.4 Å². The van der Waals surface area contributed by atoms with Gasteiger partial charge in [-0.15, -0.1) is 0 Å². The average molecular weight is 566 g/mol. The van der Waals surface area contributed by atoms with E-state index in [0.717, 1.165) is 36.9 Å². The molecule has 2 aromatic rings. The van der Waals surface area contributed by atoms with Gasteiger partial charge >= 0.3 is 0 Å². The average Bonchev–Trinajstić information content (AvgIpc) is 3.51. The maximum Gasteiger partial charge on any atom is 0.264 e. The van der Waals surface area contributed by atoms with Gasteiger partial charge in [-0.3, -0.25) is 14.4 Å². The molecule has 8 nitrogen and oxygen atoms in total. The van der Waals surface area contributed by atoms with Crippen LogP contribution >= 0.6 is 11.6 Å². The predicted molar refractivity (Wildman–Crippen MR) is 154 cm³/mol. The van der Waals surface area contributed by atoms with Crippen LogP contribution in [0, 0.1) is 5.92 Å². The Labute approximate surface area is 239 Å². The first kappa shape index (κ1) is 28.3. The molecule has 3 heterocycles. The van der Waals surface area contributed by atoms with Gasteiger partial charge in [-0.1, -0.05) is 42.8 Å². The highest BCUT2D eigenvalue weighted by Gasteiger charge is 2.52. The summed E-state index contributed by atoms with van der Waals surface area (Å²) in [5.41, 5.74) is 0.794. The molecule has 5 rings (SSSR count). The van der Waals surface area contributed by atoms with Gasteiger partial charge in [0.15, 0.2) is 5.60 Å². The summed E-state index contributed by atoms with van der Waals surface area (Å²) in [5.74, 6) is -1.08. The van der Waals surface area contributed by atoms with Crippen molar-refractivity contribution in [3.8, 4) is 0 Å². The summed E-state index contributed by atoms with van der Waals surface area (Å²) in [6, 6.07) is 12.5. The molecule has 2 N–H and O–H groups in total. The van der Waals surface area contributed by atoms with Crippen LogP contribution in [0.15, 0.2) is 54.6 Å². The van der Waals surface area contributed by atoms with Gasteiger partial charge in [-0.2, -0.15) is 0 Å². The van der Waals surface area contributed by atoms with Crippen LogP contribution in [-0.4, -0.2) is 58.6 Å². The number of nitrogens with zero attached hydrogens (tertiary/aromatic N) is 3. The van der Waals surface area contributed by atoms with Crippen LogP contribution in [0.25, 0.3) is 0 Å². The molecule has 0 aliphatic carbocycles. The van der Waals surface area contributed by atoms with E-state index < -0.39 is 17.4 Å². The Morgan fingerprint density at radius 1 is 1.15 bits per heavy atom. The highest BCUT2D eigenvalue weighted by molar-refractivity contribution is 6.31. The molecule has 2 fully saturated rings. The molecule has 2 saturated heterocycles. The Hall–Kier alpha value is -3.20. The fourth-order valence-corrected chi connectivity index (χ4v) is 6.32. The van der Waals surface area contributed by atoms with Crippen LogP contribution in [-0.2, 0) is 26.5 Å². The second kappa shape index (κ2) is 11.7. The van der Waals surface area contributed by atoms with Crippen LogP contribution in [0.3, 0.4) is 0 Å². The summed E-state index contributed by atoms with van der Waals surface area (Å²) in [6.07, 6.45) is 7.58. The summed E-state index contributed by atoms with van der Waals surface area (Å²) >= 11 is 6.31. The molecule has 0 unspecified atom stereocenters. The molecule has 0 aromatic heterocycles. The zero-order valence-corrected chi connectivity index (χ0v) is 23.5. The van der Waals surface area contributed by atoms with Crippen molar-refractivity contribution in [1.29, 1.82) is 0 Å². The second-order valence-electron chi connectivity index (χ2n) is 11.0. The third-order valence-corrected chi connectivity index (χ3v) is 8.64. The summed E-state index contributed by atoms with van der Waals surface area (Å²) in [4.78, 5) is 44.1. The van der Waals surface area contributed by atoms with Crippen LogP contribution < -0.4 is 9.80 Å². The van der Waals surface area contributed by atoms with Gasteiger partial charge in [0.1, 0.15) is 0 Å². The Balaban J connectivity index is 1.36. The van der Waals surface area contributed by atoms with Crippen LogP contribution in [0.1, 0.15) is 56.6 Å². The number of carbonyl (C=O) groups is 3. The lowest BCUT2D eigenvalue weighted by Crippen LogP contribution is -2.44. The number of hydrogen-bond donors (Lipinski definition) is 2. The van der Waals surface area contributed by atoms with Crippen molar-refractivity contribution in [2.75, 3.05) is 29.5 Å². The number of aliphatic hydroxyl groups excluding tert-OH is 1. The minimum atomic E-state index is -1.86. The van der Waals surface area contributed by atoms with E-state index in [1.165, 1.54) is 0 Å². The van der Waals surface area contributed by atoms with Crippen molar-refractivity contribution >= 4 is 40.7 Å². The quantitative estimate of drug-likeness (QED) is 0.468. The van der Waals surface area contributed by atoms with E-state index in [9.17, 15) is 24.6 Å². The predicted octanol–water partition coefficient (Wildman–Crippen LogP) is 4.16. The highest BCUT2D eigenvalue weighted by Crippen LogP contribution is 2.47. The fourth-order valence-electron chi connectivity index (χ4n) is 6.14. The largest absolute Gasteiger partial charge is 0.394 e. The normalized spacial score (nSPS) is 23.8. The number of rotatable bonds is 8. The number of hydrogen-bond acceptors (Lipinski definition) is 5. The van der Waals surface area contributed by atoms with Gasteiger partial charge in [-0.05, 0) is 61.6 Å². The number of amides is 3. The Morgan fingerprint density at radius 3 is 2.75 bits per heavy atom. The number of benzene rings is 2. The van der Waals surface area contributed by atoms with E-state index in [1.54, 1.807) is 52.0 Å². The molecule has 0 saturated carbocycles. The topological polar surface area (TPSA) is 101 Å². The number of anilines is 2. The van der Waals surface area contributed by atoms with E-state index in [1.807, 2.05) is 24.3 Å². The monoisotopic (exact) mass is 565 g/mol. The molecule has 9 heteroatoms. The fraction of sp³-hybridized carbons (Fsp3) is 0.452. The molecule has 2 aromatic carbocycles. The first-order valence-corrected chi connectivity index (χ1v) is 14.4. The minimum absolute atomic E-state index is 0.0509. The van der Waals surface area contributed by atoms with Crippen molar-refractivity contribution in [2.45, 2.75) is 63.6 Å². The molecule has 0 spiro atoms. The number of halogens is 1. The number of carbonyl (C=O) groups excluding carboxylic acids is 3. The Kier molecular flexibility index (Phi) is 8.31. The molecule has 0 radical (unpaired) electrons. The molecule has 40 heavy (non-hydrogen) atoms. The lowest BCUT2D eigenvalue weighted by Gasteiger charge is -2.29. The molecule has 3 aliphatic heterocycles. The van der Waals surface area contributed by atoms with Gasteiger partial charge < -0.3 is 24.9 Å². The van der Waals surface area contributed by atoms with Gasteiger partial charge in [0.05, 0.1) is 24.9 Å². The van der Waals surface area contributed by atoms with E-state index in [4.69, 9.17) is 11.6 Å². The number of likely N-dealkylation sites (tertiary alicyclic amines) is 1. The molecule has 212 valence electrons. The van der Waals surface area contributed by atoms with Gasteiger partial charge in [0.2, 0.25) is 11.8 Å². The zero-order chi connectivity index (χ0) is 28.4. The third-order valence-electron chi connectivity index (χ3n) is 8.40. The third kappa shape index (κ3) is 5.28. The molecular formula is C31H36ClN3O5. The lowest BCUT2D eigenvalue weighted by molar-refractivity contribution is -0.139. The summed E-state index contributed by atoms with van der Waals surface area (Å²) in [6.45, 7) is 3.23. The summed E-state index contributed by atoms with van der Waals surface area (Å²) in [5, 5.41) is 21.9. The summed E-state index contributed by atoms with van der Waals surface area (Å²) < 4.78 is 0. The molecular weight excluding hydrogens is 530 g/mol. The van der Waals surface area contributed by atoms with E-state index >= 15 is 0 Å². The lowest BCUT2D eigenvalue weighted by atomic mass is 9.83. The number of aliphatic hydroxyl groups is 2. The van der Waals surface area contributed by atoms with Gasteiger partial charge in [-0.25, -0.2) is 0 Å². The minimum Gasteiger partial charge on any atom is -0.394 e. The van der Waals surface area contributed by atoms with Crippen molar-refractivity contribution < 1.29 is 24.6 Å². The van der Waals surface area contributed by atoms with Crippen molar-refractivity contribution in [3.63, 3.8) is 0 Å². The molecule has 3 aliphatic rings.